The molecule has 5 heteroatoms. The molecule has 0 radical (unpaired) electrons. The minimum Gasteiger partial charge on any atom is -0.305 e. The van der Waals surface area contributed by atoms with Gasteiger partial charge in [-0.25, -0.2) is 9.78 Å². The Hall–Kier alpha value is -2.69. The van der Waals surface area contributed by atoms with Gasteiger partial charge in [0.15, 0.2) is 0 Å². The molecule has 0 aliphatic carbocycles. The van der Waals surface area contributed by atoms with Gasteiger partial charge in [-0.2, -0.15) is 0 Å². The second kappa shape index (κ2) is 4.53. The standard InChI is InChI=1S/C14H12N4O/c1-10-5-6-11-3-2-4-12(13(11)16-10)17-14(19)18-8-7-15-9-18/h2-9H,1H3,(H,17,19). The van der Waals surface area contributed by atoms with Crippen LogP contribution in [-0.4, -0.2) is 20.6 Å². The summed E-state index contributed by atoms with van der Waals surface area (Å²) in [5.74, 6) is 0. The van der Waals surface area contributed by atoms with Crippen LogP contribution in [0, 0.1) is 6.92 Å². The summed E-state index contributed by atoms with van der Waals surface area (Å²) in [5, 5.41) is 3.83. The average Bonchev–Trinajstić information content (AvgIpc) is 2.93. The molecule has 2 heterocycles. The summed E-state index contributed by atoms with van der Waals surface area (Å²) < 4.78 is 1.38. The lowest BCUT2D eigenvalue weighted by molar-refractivity contribution is 0.253. The van der Waals surface area contributed by atoms with Gasteiger partial charge in [-0.05, 0) is 19.1 Å². The van der Waals surface area contributed by atoms with Crippen molar-refractivity contribution in [3.05, 3.63) is 54.7 Å². The Morgan fingerprint density at radius 3 is 2.95 bits per heavy atom. The van der Waals surface area contributed by atoms with Crippen LogP contribution in [-0.2, 0) is 0 Å². The van der Waals surface area contributed by atoms with Crippen LogP contribution in [0.5, 0.6) is 0 Å². The van der Waals surface area contributed by atoms with Crippen LogP contribution in [0.15, 0.2) is 49.1 Å². The molecule has 2 aromatic heterocycles. The van der Waals surface area contributed by atoms with Gasteiger partial charge in [-0.15, -0.1) is 0 Å². The number of hydrogen-bond acceptors (Lipinski definition) is 3. The summed E-state index contributed by atoms with van der Waals surface area (Å²) in [6.45, 7) is 1.92. The summed E-state index contributed by atoms with van der Waals surface area (Å²) in [5.41, 5.74) is 2.40. The molecular weight excluding hydrogens is 240 g/mol. The minimum absolute atomic E-state index is 0.256. The smallest absolute Gasteiger partial charge is 0.305 e. The summed E-state index contributed by atoms with van der Waals surface area (Å²) in [6, 6.07) is 9.38. The molecule has 1 N–H and O–H groups in total. The lowest BCUT2D eigenvalue weighted by Gasteiger charge is -2.08. The van der Waals surface area contributed by atoms with Gasteiger partial charge in [-0.1, -0.05) is 18.2 Å². The number of benzene rings is 1. The van der Waals surface area contributed by atoms with Crippen LogP contribution in [0.1, 0.15) is 5.69 Å². The maximum absolute atomic E-state index is 12.0. The molecule has 0 atom stereocenters. The molecule has 19 heavy (non-hydrogen) atoms. The molecule has 0 bridgehead atoms. The van der Waals surface area contributed by atoms with E-state index in [0.29, 0.717) is 5.69 Å². The largest absolute Gasteiger partial charge is 0.331 e. The van der Waals surface area contributed by atoms with Crippen LogP contribution < -0.4 is 5.32 Å². The molecule has 0 unspecified atom stereocenters. The number of nitrogens with zero attached hydrogens (tertiary/aromatic N) is 3. The van der Waals surface area contributed by atoms with Crippen molar-refractivity contribution in [3.63, 3.8) is 0 Å². The van der Waals surface area contributed by atoms with E-state index in [9.17, 15) is 4.79 Å². The van der Waals surface area contributed by atoms with E-state index in [1.807, 2.05) is 37.3 Å². The molecule has 0 saturated carbocycles. The highest BCUT2D eigenvalue weighted by Gasteiger charge is 2.08. The number of amides is 1. The third-order valence-corrected chi connectivity index (χ3v) is 2.84. The van der Waals surface area contributed by atoms with E-state index in [1.165, 1.54) is 10.9 Å². The fourth-order valence-corrected chi connectivity index (χ4v) is 1.90. The Bertz CT molecular complexity index is 734. The third-order valence-electron chi connectivity index (χ3n) is 2.84. The molecule has 94 valence electrons. The van der Waals surface area contributed by atoms with Gasteiger partial charge in [0.05, 0.1) is 11.2 Å². The fraction of sp³-hybridized carbons (Fsp3) is 0.0714. The molecule has 3 rings (SSSR count). The van der Waals surface area contributed by atoms with E-state index in [4.69, 9.17) is 0 Å². The number of carbonyl (C=O) groups excluding carboxylic acids is 1. The monoisotopic (exact) mass is 252 g/mol. The predicted molar refractivity (Wildman–Crippen MR) is 73.1 cm³/mol. The zero-order valence-corrected chi connectivity index (χ0v) is 10.4. The normalized spacial score (nSPS) is 10.6. The number of pyridine rings is 1. The van der Waals surface area contributed by atoms with Gasteiger partial charge in [0.2, 0.25) is 0 Å². The predicted octanol–water partition coefficient (Wildman–Crippen LogP) is 2.82. The lowest BCUT2D eigenvalue weighted by Crippen LogP contribution is -2.18. The molecule has 0 saturated heterocycles. The summed E-state index contributed by atoms with van der Waals surface area (Å²) in [6.07, 6.45) is 4.61. The highest BCUT2D eigenvalue weighted by molar-refractivity contribution is 6.00. The average molecular weight is 252 g/mol. The zero-order valence-electron chi connectivity index (χ0n) is 10.4. The SMILES string of the molecule is Cc1ccc2cccc(NC(=O)n3ccnc3)c2n1. The topological polar surface area (TPSA) is 59.8 Å². The Labute approximate surface area is 109 Å². The van der Waals surface area contributed by atoms with Crippen LogP contribution >= 0.6 is 0 Å². The van der Waals surface area contributed by atoms with Crippen molar-refractivity contribution in [2.24, 2.45) is 0 Å². The zero-order chi connectivity index (χ0) is 13.2. The Kier molecular flexibility index (Phi) is 2.72. The number of anilines is 1. The first-order valence-electron chi connectivity index (χ1n) is 5.90. The third kappa shape index (κ3) is 2.18. The molecule has 0 spiro atoms. The van der Waals surface area contributed by atoms with Gasteiger partial charge in [-0.3, -0.25) is 9.55 Å². The number of rotatable bonds is 1. The Morgan fingerprint density at radius 1 is 1.26 bits per heavy atom. The summed E-state index contributed by atoms with van der Waals surface area (Å²) >= 11 is 0. The lowest BCUT2D eigenvalue weighted by atomic mass is 10.2. The van der Waals surface area contributed by atoms with Crippen molar-refractivity contribution in [2.45, 2.75) is 6.92 Å². The van der Waals surface area contributed by atoms with Crippen LogP contribution in [0.3, 0.4) is 0 Å². The number of nitrogens with one attached hydrogen (secondary N) is 1. The van der Waals surface area contributed by atoms with Gasteiger partial charge >= 0.3 is 6.03 Å². The first kappa shape index (κ1) is 11.4. The first-order valence-corrected chi connectivity index (χ1v) is 5.90. The number of aryl methyl sites for hydroxylation is 1. The second-order valence-corrected chi connectivity index (χ2v) is 4.23. The first-order chi connectivity index (χ1) is 9.24. The molecular formula is C14H12N4O. The number of fused-ring (bicyclic) bond motifs is 1. The number of carbonyl (C=O) groups is 1. The molecule has 0 aliphatic heterocycles. The Balaban J connectivity index is 2.01. The molecule has 5 nitrogen and oxygen atoms in total. The molecule has 3 aromatic rings. The number of aromatic nitrogens is 3. The maximum atomic E-state index is 12.0. The highest BCUT2D eigenvalue weighted by atomic mass is 16.2. The number of hydrogen-bond donors (Lipinski definition) is 1. The molecule has 1 amide bonds. The van der Waals surface area contributed by atoms with Crippen LogP contribution in [0.2, 0.25) is 0 Å². The van der Waals surface area contributed by atoms with Crippen molar-refractivity contribution in [3.8, 4) is 0 Å². The van der Waals surface area contributed by atoms with E-state index in [2.05, 4.69) is 15.3 Å². The maximum Gasteiger partial charge on any atom is 0.331 e. The van der Waals surface area contributed by atoms with Crippen LogP contribution in [0.25, 0.3) is 10.9 Å². The molecule has 1 aromatic carbocycles. The van der Waals surface area contributed by atoms with Gasteiger partial charge < -0.3 is 5.32 Å². The van der Waals surface area contributed by atoms with Crippen LogP contribution in [0.4, 0.5) is 10.5 Å². The summed E-state index contributed by atoms with van der Waals surface area (Å²) in [7, 11) is 0. The number of imidazole rings is 1. The Morgan fingerprint density at radius 2 is 2.16 bits per heavy atom. The van der Waals surface area contributed by atoms with Gasteiger partial charge in [0, 0.05) is 23.5 Å². The molecule has 0 fully saturated rings. The van der Waals surface area contributed by atoms with E-state index in [0.717, 1.165) is 16.6 Å². The highest BCUT2D eigenvalue weighted by Crippen LogP contribution is 2.21. The van der Waals surface area contributed by atoms with Gasteiger partial charge in [0.25, 0.3) is 0 Å². The van der Waals surface area contributed by atoms with Crippen molar-refractivity contribution in [2.75, 3.05) is 5.32 Å². The van der Waals surface area contributed by atoms with Crippen molar-refractivity contribution in [1.82, 2.24) is 14.5 Å². The van der Waals surface area contributed by atoms with E-state index >= 15 is 0 Å². The van der Waals surface area contributed by atoms with Crippen molar-refractivity contribution in [1.29, 1.82) is 0 Å². The van der Waals surface area contributed by atoms with E-state index in [-0.39, 0.29) is 6.03 Å². The van der Waals surface area contributed by atoms with E-state index < -0.39 is 0 Å². The minimum atomic E-state index is -0.256. The summed E-state index contributed by atoms with van der Waals surface area (Å²) in [4.78, 5) is 20.3. The molecule has 0 aliphatic rings. The quantitative estimate of drug-likeness (QED) is 0.724. The second-order valence-electron chi connectivity index (χ2n) is 4.23. The van der Waals surface area contributed by atoms with E-state index in [1.54, 1.807) is 12.4 Å². The van der Waals surface area contributed by atoms with Crippen molar-refractivity contribution >= 4 is 22.6 Å². The van der Waals surface area contributed by atoms with Gasteiger partial charge in [0.1, 0.15) is 6.33 Å². The van der Waals surface area contributed by atoms with Crippen molar-refractivity contribution < 1.29 is 4.79 Å². The fourth-order valence-electron chi connectivity index (χ4n) is 1.90. The number of para-hydroxylation sites is 1.